The van der Waals surface area contributed by atoms with Crippen molar-refractivity contribution in [3.8, 4) is 6.07 Å². The fraction of sp³-hybridized carbons (Fsp3) is 0.500. The standard InChI is InChI=1S/C16H21N3O/c1-12-6-13(2)10-19(9-12)11-16(20)18-15-5-3-4-14(7-15)8-17/h3-5,7,12-13H,6,9-11H2,1-2H3,(H,18,20)/t12-,13-/m1/s1. The Morgan fingerprint density at radius 1 is 1.40 bits per heavy atom. The molecule has 0 bridgehead atoms. The maximum atomic E-state index is 12.1. The molecule has 20 heavy (non-hydrogen) atoms. The maximum Gasteiger partial charge on any atom is 0.238 e. The van der Waals surface area contributed by atoms with Crippen LogP contribution in [0.2, 0.25) is 0 Å². The number of piperidine rings is 1. The van der Waals surface area contributed by atoms with E-state index in [0.717, 1.165) is 13.1 Å². The molecule has 1 aliphatic rings. The Morgan fingerprint density at radius 3 is 2.75 bits per heavy atom. The van der Waals surface area contributed by atoms with Gasteiger partial charge in [-0.05, 0) is 36.5 Å². The molecule has 4 heteroatoms. The van der Waals surface area contributed by atoms with E-state index in [1.54, 1.807) is 24.3 Å². The van der Waals surface area contributed by atoms with Crippen LogP contribution in [-0.4, -0.2) is 30.4 Å². The van der Waals surface area contributed by atoms with Crippen LogP contribution in [0, 0.1) is 23.2 Å². The summed E-state index contributed by atoms with van der Waals surface area (Å²) < 4.78 is 0. The molecule has 2 atom stereocenters. The number of anilines is 1. The van der Waals surface area contributed by atoms with Gasteiger partial charge in [-0.2, -0.15) is 5.26 Å². The van der Waals surface area contributed by atoms with Crippen LogP contribution in [-0.2, 0) is 4.79 Å². The maximum absolute atomic E-state index is 12.1. The van der Waals surface area contributed by atoms with E-state index in [-0.39, 0.29) is 5.91 Å². The molecule has 0 radical (unpaired) electrons. The Balaban J connectivity index is 1.90. The fourth-order valence-corrected chi connectivity index (χ4v) is 2.99. The number of carbonyl (C=O) groups is 1. The summed E-state index contributed by atoms with van der Waals surface area (Å²) in [4.78, 5) is 14.3. The van der Waals surface area contributed by atoms with E-state index in [9.17, 15) is 4.79 Å². The number of benzene rings is 1. The molecule has 1 aromatic carbocycles. The number of likely N-dealkylation sites (tertiary alicyclic amines) is 1. The van der Waals surface area contributed by atoms with Crippen molar-refractivity contribution in [3.05, 3.63) is 29.8 Å². The van der Waals surface area contributed by atoms with E-state index in [1.807, 2.05) is 0 Å². The Bertz CT molecular complexity index is 511. The van der Waals surface area contributed by atoms with E-state index in [0.29, 0.717) is 29.6 Å². The number of carbonyl (C=O) groups excluding carboxylic acids is 1. The van der Waals surface area contributed by atoms with E-state index < -0.39 is 0 Å². The zero-order valence-corrected chi connectivity index (χ0v) is 12.1. The Hall–Kier alpha value is -1.86. The fourth-order valence-electron chi connectivity index (χ4n) is 2.99. The molecule has 1 amide bonds. The minimum Gasteiger partial charge on any atom is -0.325 e. The summed E-state index contributed by atoms with van der Waals surface area (Å²) in [6, 6.07) is 9.07. The van der Waals surface area contributed by atoms with Crippen molar-refractivity contribution >= 4 is 11.6 Å². The predicted octanol–water partition coefficient (Wildman–Crippen LogP) is 2.47. The number of hydrogen-bond acceptors (Lipinski definition) is 3. The van der Waals surface area contributed by atoms with Crippen molar-refractivity contribution in [1.29, 1.82) is 5.26 Å². The summed E-state index contributed by atoms with van der Waals surface area (Å²) in [6.07, 6.45) is 1.24. The van der Waals surface area contributed by atoms with Crippen LogP contribution in [0.4, 0.5) is 5.69 Å². The van der Waals surface area contributed by atoms with Gasteiger partial charge in [-0.25, -0.2) is 0 Å². The van der Waals surface area contributed by atoms with Gasteiger partial charge in [-0.3, -0.25) is 9.69 Å². The van der Waals surface area contributed by atoms with Crippen LogP contribution >= 0.6 is 0 Å². The first kappa shape index (κ1) is 14.5. The smallest absolute Gasteiger partial charge is 0.238 e. The average Bonchev–Trinajstić information content (AvgIpc) is 2.37. The highest BCUT2D eigenvalue weighted by molar-refractivity contribution is 5.92. The molecule has 1 N–H and O–H groups in total. The highest BCUT2D eigenvalue weighted by atomic mass is 16.2. The number of rotatable bonds is 3. The van der Waals surface area contributed by atoms with E-state index >= 15 is 0 Å². The third-order valence-corrected chi connectivity index (χ3v) is 3.59. The molecule has 106 valence electrons. The van der Waals surface area contributed by atoms with Gasteiger partial charge >= 0.3 is 0 Å². The number of amides is 1. The predicted molar refractivity (Wildman–Crippen MR) is 79.2 cm³/mol. The van der Waals surface area contributed by atoms with Gasteiger partial charge in [0.2, 0.25) is 5.91 Å². The van der Waals surface area contributed by atoms with Crippen molar-refractivity contribution in [2.75, 3.05) is 25.0 Å². The lowest BCUT2D eigenvalue weighted by molar-refractivity contribution is -0.117. The van der Waals surface area contributed by atoms with Gasteiger partial charge in [0.1, 0.15) is 0 Å². The number of nitrogens with one attached hydrogen (secondary N) is 1. The van der Waals surface area contributed by atoms with Gasteiger partial charge in [-0.1, -0.05) is 19.9 Å². The highest BCUT2D eigenvalue weighted by Gasteiger charge is 2.23. The number of nitrogens with zero attached hydrogens (tertiary/aromatic N) is 2. The second-order valence-electron chi connectivity index (χ2n) is 5.88. The lowest BCUT2D eigenvalue weighted by atomic mass is 9.92. The molecule has 2 rings (SSSR count). The average molecular weight is 271 g/mol. The summed E-state index contributed by atoms with van der Waals surface area (Å²) in [5.41, 5.74) is 1.25. The highest BCUT2D eigenvalue weighted by Crippen LogP contribution is 2.20. The zero-order valence-electron chi connectivity index (χ0n) is 12.1. The number of hydrogen-bond donors (Lipinski definition) is 1. The summed E-state index contributed by atoms with van der Waals surface area (Å²) in [5.74, 6) is 1.28. The first-order valence-corrected chi connectivity index (χ1v) is 7.09. The molecule has 0 aromatic heterocycles. The van der Waals surface area contributed by atoms with Gasteiger partial charge in [0.05, 0.1) is 18.2 Å². The normalized spacial score (nSPS) is 23.1. The molecule has 1 aromatic rings. The molecular formula is C16H21N3O. The monoisotopic (exact) mass is 271 g/mol. The minimum absolute atomic E-state index is 0.0126. The second kappa shape index (κ2) is 6.53. The van der Waals surface area contributed by atoms with Gasteiger partial charge in [-0.15, -0.1) is 0 Å². The molecule has 1 saturated heterocycles. The van der Waals surface area contributed by atoms with E-state index in [2.05, 4.69) is 30.1 Å². The van der Waals surface area contributed by atoms with Crippen LogP contribution < -0.4 is 5.32 Å². The molecule has 0 aliphatic carbocycles. The molecule has 1 heterocycles. The van der Waals surface area contributed by atoms with Crippen LogP contribution in [0.5, 0.6) is 0 Å². The van der Waals surface area contributed by atoms with Crippen LogP contribution in [0.25, 0.3) is 0 Å². The summed E-state index contributed by atoms with van der Waals surface area (Å²) in [6.45, 7) is 6.85. The third-order valence-electron chi connectivity index (χ3n) is 3.59. The van der Waals surface area contributed by atoms with Crippen LogP contribution in [0.1, 0.15) is 25.8 Å². The molecule has 1 fully saturated rings. The van der Waals surface area contributed by atoms with E-state index in [1.165, 1.54) is 6.42 Å². The van der Waals surface area contributed by atoms with Gasteiger partial charge in [0.15, 0.2) is 0 Å². The van der Waals surface area contributed by atoms with Crippen molar-refractivity contribution in [1.82, 2.24) is 4.90 Å². The molecule has 0 spiro atoms. The lowest BCUT2D eigenvalue weighted by Crippen LogP contribution is -2.42. The Labute approximate surface area is 120 Å². The first-order chi connectivity index (χ1) is 9.56. The number of nitriles is 1. The van der Waals surface area contributed by atoms with Gasteiger partial charge in [0, 0.05) is 18.8 Å². The van der Waals surface area contributed by atoms with Crippen molar-refractivity contribution in [3.63, 3.8) is 0 Å². The minimum atomic E-state index is -0.0126. The molecule has 0 saturated carbocycles. The third kappa shape index (κ3) is 4.07. The van der Waals surface area contributed by atoms with Crippen LogP contribution in [0.15, 0.2) is 24.3 Å². The van der Waals surface area contributed by atoms with Crippen molar-refractivity contribution < 1.29 is 4.79 Å². The molecule has 4 nitrogen and oxygen atoms in total. The largest absolute Gasteiger partial charge is 0.325 e. The quantitative estimate of drug-likeness (QED) is 0.918. The second-order valence-corrected chi connectivity index (χ2v) is 5.88. The van der Waals surface area contributed by atoms with Crippen molar-refractivity contribution in [2.45, 2.75) is 20.3 Å². The zero-order chi connectivity index (χ0) is 14.5. The molecule has 1 aliphatic heterocycles. The molecular weight excluding hydrogens is 250 g/mol. The van der Waals surface area contributed by atoms with Gasteiger partial charge < -0.3 is 5.32 Å². The first-order valence-electron chi connectivity index (χ1n) is 7.09. The van der Waals surface area contributed by atoms with Gasteiger partial charge in [0.25, 0.3) is 0 Å². The van der Waals surface area contributed by atoms with E-state index in [4.69, 9.17) is 5.26 Å². The Kier molecular flexibility index (Phi) is 4.75. The topological polar surface area (TPSA) is 56.1 Å². The SMILES string of the molecule is C[C@@H]1C[C@@H](C)CN(CC(=O)Nc2cccc(C#N)c2)C1. The van der Waals surface area contributed by atoms with Crippen molar-refractivity contribution in [2.24, 2.45) is 11.8 Å². The molecule has 0 unspecified atom stereocenters. The Morgan fingerprint density at radius 2 is 2.10 bits per heavy atom. The lowest BCUT2D eigenvalue weighted by Gasteiger charge is -2.34. The summed E-state index contributed by atoms with van der Waals surface area (Å²) in [5, 5.41) is 11.7. The van der Waals surface area contributed by atoms with Crippen LogP contribution in [0.3, 0.4) is 0 Å². The summed E-state index contributed by atoms with van der Waals surface area (Å²) >= 11 is 0. The summed E-state index contributed by atoms with van der Waals surface area (Å²) in [7, 11) is 0.